The van der Waals surface area contributed by atoms with E-state index in [0.717, 1.165) is 4.90 Å². The normalized spacial score (nSPS) is 17.9. The number of aliphatic imine (C=N–C) groups is 1. The molecule has 3 aromatic carbocycles. The van der Waals surface area contributed by atoms with Crippen molar-refractivity contribution >= 4 is 17.6 Å². The number of halogens is 3. The number of benzene rings is 3. The molecule has 1 atom stereocenters. The number of nitrogens with zero attached hydrogens (tertiary/aromatic N) is 2. The molecule has 2 amide bonds. The lowest BCUT2D eigenvalue weighted by Gasteiger charge is -2.29. The van der Waals surface area contributed by atoms with Crippen LogP contribution in [0.25, 0.3) is 0 Å². The number of carbonyl (C=O) groups is 2. The van der Waals surface area contributed by atoms with Crippen LogP contribution in [0.3, 0.4) is 0 Å². The highest BCUT2D eigenvalue weighted by Crippen LogP contribution is 2.39. The molecule has 4 rings (SSSR count). The van der Waals surface area contributed by atoms with Crippen LogP contribution in [0, 0.1) is 0 Å². The summed E-state index contributed by atoms with van der Waals surface area (Å²) in [6.45, 7) is -0.149. The largest absolute Gasteiger partial charge is 0.497 e. The molecule has 0 saturated heterocycles. The molecule has 1 N–H and O–H groups in total. The highest BCUT2D eigenvalue weighted by molar-refractivity contribution is 6.16. The molecule has 0 aromatic heterocycles. The Hall–Kier alpha value is -4.14. The second-order valence-corrected chi connectivity index (χ2v) is 7.57. The number of methoxy groups -OCH3 is 1. The molecule has 0 fully saturated rings. The van der Waals surface area contributed by atoms with Gasteiger partial charge in [0.05, 0.1) is 13.7 Å². The van der Waals surface area contributed by atoms with Gasteiger partial charge < -0.3 is 10.1 Å². The summed E-state index contributed by atoms with van der Waals surface area (Å²) in [5.74, 6) is -2.23. The van der Waals surface area contributed by atoms with Crippen molar-refractivity contribution in [1.29, 1.82) is 0 Å². The minimum Gasteiger partial charge on any atom is -0.497 e. The third kappa shape index (κ3) is 4.24. The summed E-state index contributed by atoms with van der Waals surface area (Å²) in [6, 6.07) is 22.2. The molecule has 0 saturated carbocycles. The number of alkyl halides is 3. The van der Waals surface area contributed by atoms with E-state index in [-0.39, 0.29) is 17.9 Å². The van der Waals surface area contributed by atoms with Gasteiger partial charge in [0.1, 0.15) is 11.6 Å². The smallest absolute Gasteiger partial charge is 0.442 e. The Kier molecular flexibility index (Phi) is 6.10. The molecule has 0 aliphatic carbocycles. The lowest BCUT2D eigenvalue weighted by molar-refractivity contribution is -0.196. The molecule has 1 unspecified atom stereocenters. The maximum absolute atomic E-state index is 14.5. The van der Waals surface area contributed by atoms with Crippen LogP contribution in [-0.4, -0.2) is 41.5 Å². The van der Waals surface area contributed by atoms with Crippen molar-refractivity contribution in [2.45, 2.75) is 18.4 Å². The lowest BCUT2D eigenvalue weighted by atomic mass is 10.1. The molecular weight excluding hydrogens is 447 g/mol. The van der Waals surface area contributed by atoms with E-state index in [4.69, 9.17) is 4.74 Å². The Bertz CT molecular complexity index is 1210. The predicted octanol–water partition coefficient (Wildman–Crippen LogP) is 4.17. The van der Waals surface area contributed by atoms with E-state index < -0.39 is 23.7 Å². The van der Waals surface area contributed by atoms with Gasteiger partial charge in [-0.05, 0) is 29.8 Å². The predicted molar refractivity (Wildman–Crippen MR) is 119 cm³/mol. The first-order chi connectivity index (χ1) is 16.2. The molecule has 6 nitrogen and oxygen atoms in total. The molecule has 34 heavy (non-hydrogen) atoms. The summed E-state index contributed by atoms with van der Waals surface area (Å²) in [4.78, 5) is 31.0. The zero-order valence-electron chi connectivity index (χ0n) is 18.0. The van der Waals surface area contributed by atoms with Crippen LogP contribution in [-0.2, 0) is 11.3 Å². The maximum atomic E-state index is 14.5. The number of rotatable bonds is 6. The molecule has 1 heterocycles. The van der Waals surface area contributed by atoms with Crippen LogP contribution in [0.15, 0.2) is 89.9 Å². The molecule has 0 spiro atoms. The van der Waals surface area contributed by atoms with Gasteiger partial charge in [0.2, 0.25) is 0 Å². The Morgan fingerprint density at radius 2 is 1.56 bits per heavy atom. The quantitative estimate of drug-likeness (QED) is 0.592. The summed E-state index contributed by atoms with van der Waals surface area (Å²) in [7, 11) is 1.42. The van der Waals surface area contributed by atoms with Crippen LogP contribution in [0.1, 0.15) is 21.5 Å². The summed E-state index contributed by atoms with van der Waals surface area (Å²) in [5, 5.41) is 1.87. The molecule has 0 bridgehead atoms. The van der Waals surface area contributed by atoms with E-state index in [9.17, 15) is 22.8 Å². The van der Waals surface area contributed by atoms with Crippen molar-refractivity contribution < 1.29 is 27.5 Å². The van der Waals surface area contributed by atoms with Crippen molar-refractivity contribution in [2.24, 2.45) is 4.99 Å². The van der Waals surface area contributed by atoms with E-state index in [1.165, 1.54) is 31.4 Å². The van der Waals surface area contributed by atoms with Crippen molar-refractivity contribution in [2.75, 3.05) is 7.11 Å². The highest BCUT2D eigenvalue weighted by Gasteiger charge is 2.67. The zero-order chi connectivity index (χ0) is 24.3. The SMILES string of the molecule is COc1ccc(C(=O)NC2(C(F)(F)F)N=C(c3ccccc3)N(Cc3ccccc3)C2=O)cc1. The number of amidine groups is 1. The maximum Gasteiger partial charge on any atom is 0.442 e. The molecule has 174 valence electrons. The van der Waals surface area contributed by atoms with Gasteiger partial charge in [0.25, 0.3) is 11.8 Å². The Morgan fingerprint density at radius 3 is 2.12 bits per heavy atom. The Morgan fingerprint density at radius 1 is 0.971 bits per heavy atom. The number of hydrogen-bond acceptors (Lipinski definition) is 4. The molecule has 3 aromatic rings. The summed E-state index contributed by atoms with van der Waals surface area (Å²) in [5.41, 5.74) is -2.62. The monoisotopic (exact) mass is 467 g/mol. The van der Waals surface area contributed by atoms with Gasteiger partial charge in [-0.25, -0.2) is 4.99 Å². The number of amides is 2. The van der Waals surface area contributed by atoms with Gasteiger partial charge in [-0.3, -0.25) is 14.5 Å². The first kappa shape index (κ1) is 23.0. The van der Waals surface area contributed by atoms with Crippen LogP contribution in [0.4, 0.5) is 13.2 Å². The summed E-state index contributed by atoms with van der Waals surface area (Å²) < 4.78 is 48.4. The average molecular weight is 467 g/mol. The van der Waals surface area contributed by atoms with Gasteiger partial charge in [-0.15, -0.1) is 0 Å². The van der Waals surface area contributed by atoms with Crippen LogP contribution < -0.4 is 10.1 Å². The van der Waals surface area contributed by atoms with E-state index in [0.29, 0.717) is 16.9 Å². The van der Waals surface area contributed by atoms with Gasteiger partial charge in [0.15, 0.2) is 0 Å². The summed E-state index contributed by atoms with van der Waals surface area (Å²) in [6.07, 6.45) is -5.20. The number of ether oxygens (including phenoxy) is 1. The van der Waals surface area contributed by atoms with Crippen molar-refractivity contribution in [3.05, 3.63) is 102 Å². The number of nitrogens with one attached hydrogen (secondary N) is 1. The minimum absolute atomic E-state index is 0.0739. The second kappa shape index (κ2) is 9.01. The highest BCUT2D eigenvalue weighted by atomic mass is 19.4. The van der Waals surface area contributed by atoms with Crippen molar-refractivity contribution in [3.8, 4) is 5.75 Å². The number of hydrogen-bond donors (Lipinski definition) is 1. The average Bonchev–Trinajstić information content (AvgIpc) is 3.12. The van der Waals surface area contributed by atoms with E-state index in [2.05, 4.69) is 4.99 Å². The molecular formula is C25H20F3N3O3. The van der Waals surface area contributed by atoms with Crippen LogP contribution >= 0.6 is 0 Å². The van der Waals surface area contributed by atoms with Gasteiger partial charge in [-0.1, -0.05) is 60.7 Å². The Balaban J connectivity index is 1.78. The van der Waals surface area contributed by atoms with E-state index in [1.54, 1.807) is 60.7 Å². The van der Waals surface area contributed by atoms with Gasteiger partial charge >= 0.3 is 11.8 Å². The second-order valence-electron chi connectivity index (χ2n) is 7.57. The topological polar surface area (TPSA) is 71.0 Å². The summed E-state index contributed by atoms with van der Waals surface area (Å²) >= 11 is 0. The lowest BCUT2D eigenvalue weighted by Crippen LogP contribution is -2.63. The fourth-order valence-electron chi connectivity index (χ4n) is 3.59. The fraction of sp³-hybridized carbons (Fsp3) is 0.160. The number of carbonyl (C=O) groups excluding carboxylic acids is 2. The van der Waals surface area contributed by atoms with E-state index >= 15 is 0 Å². The Labute approximate surface area is 193 Å². The fourth-order valence-corrected chi connectivity index (χ4v) is 3.59. The van der Waals surface area contributed by atoms with E-state index in [1.807, 2.05) is 5.32 Å². The molecule has 0 radical (unpaired) electrons. The standard InChI is InChI=1S/C25H20F3N3O3/c1-34-20-14-12-19(13-15-20)22(32)30-24(25(26,27)28)23(33)31(16-17-8-4-2-5-9-17)21(29-24)18-10-6-3-7-11-18/h2-15H,16H2,1H3,(H,30,32). The first-order valence-electron chi connectivity index (χ1n) is 10.3. The van der Waals surface area contributed by atoms with Crippen molar-refractivity contribution in [1.82, 2.24) is 10.2 Å². The van der Waals surface area contributed by atoms with Crippen LogP contribution in [0.2, 0.25) is 0 Å². The molecule has 9 heteroatoms. The first-order valence-corrected chi connectivity index (χ1v) is 10.3. The van der Waals surface area contributed by atoms with Gasteiger partial charge in [-0.2, -0.15) is 13.2 Å². The minimum atomic E-state index is -5.20. The van der Waals surface area contributed by atoms with Gasteiger partial charge in [0, 0.05) is 11.1 Å². The third-order valence-electron chi connectivity index (χ3n) is 5.36. The molecule has 1 aliphatic heterocycles. The molecule has 1 aliphatic rings. The zero-order valence-corrected chi connectivity index (χ0v) is 18.0. The van der Waals surface area contributed by atoms with Crippen molar-refractivity contribution in [3.63, 3.8) is 0 Å². The van der Waals surface area contributed by atoms with Crippen LogP contribution in [0.5, 0.6) is 5.75 Å². The third-order valence-corrected chi connectivity index (χ3v) is 5.36.